The molecule has 3 rings (SSSR count). The van der Waals surface area contributed by atoms with Crippen molar-refractivity contribution >= 4 is 23.1 Å². The zero-order chi connectivity index (χ0) is 16.9. The predicted molar refractivity (Wildman–Crippen MR) is 104 cm³/mol. The number of methoxy groups -OCH3 is 1. The number of para-hydroxylation sites is 1. The largest absolute Gasteiger partial charge is 0.496 e. The lowest BCUT2D eigenvalue weighted by Gasteiger charge is -2.12. The third-order valence-electron chi connectivity index (χ3n) is 3.63. The standard InChI is InChI=1S/C20H18O2S2/c1-3-23-20-19(15-11-7-8-12-17(15)22-2)16(21)13-18(24-20)14-9-5-4-6-10-14/h4-13H,3H2,1-2H3. The van der Waals surface area contributed by atoms with E-state index >= 15 is 0 Å². The first kappa shape index (κ1) is 16.8. The second kappa shape index (κ2) is 7.69. The van der Waals surface area contributed by atoms with Crippen LogP contribution in [0.3, 0.4) is 0 Å². The summed E-state index contributed by atoms with van der Waals surface area (Å²) in [5, 5.41) is 0. The highest BCUT2D eigenvalue weighted by Crippen LogP contribution is 2.39. The molecule has 0 fully saturated rings. The van der Waals surface area contributed by atoms with Crippen molar-refractivity contribution in [3.8, 4) is 27.3 Å². The molecule has 0 N–H and O–H groups in total. The molecule has 1 aromatic heterocycles. The zero-order valence-corrected chi connectivity index (χ0v) is 15.2. The van der Waals surface area contributed by atoms with Gasteiger partial charge in [0.2, 0.25) is 0 Å². The molecule has 0 aliphatic rings. The first-order valence-corrected chi connectivity index (χ1v) is 9.54. The Bertz CT molecular complexity index is 886. The van der Waals surface area contributed by atoms with Crippen molar-refractivity contribution in [2.24, 2.45) is 0 Å². The molecule has 122 valence electrons. The molecule has 0 aliphatic heterocycles. The van der Waals surface area contributed by atoms with Gasteiger partial charge in [0.25, 0.3) is 0 Å². The number of hydrogen-bond donors (Lipinski definition) is 0. The lowest BCUT2D eigenvalue weighted by molar-refractivity contribution is 0.416. The van der Waals surface area contributed by atoms with Gasteiger partial charge in [0, 0.05) is 16.5 Å². The summed E-state index contributed by atoms with van der Waals surface area (Å²) in [7, 11) is 1.64. The van der Waals surface area contributed by atoms with Gasteiger partial charge in [-0.25, -0.2) is 0 Å². The summed E-state index contributed by atoms with van der Waals surface area (Å²) >= 11 is 3.36. The molecule has 4 heteroatoms. The third kappa shape index (κ3) is 3.40. The van der Waals surface area contributed by atoms with Crippen molar-refractivity contribution in [1.29, 1.82) is 0 Å². The van der Waals surface area contributed by atoms with Crippen LogP contribution in [0.4, 0.5) is 0 Å². The van der Waals surface area contributed by atoms with Gasteiger partial charge < -0.3 is 4.74 Å². The monoisotopic (exact) mass is 354 g/mol. The van der Waals surface area contributed by atoms with Gasteiger partial charge in [-0.1, -0.05) is 55.5 Å². The van der Waals surface area contributed by atoms with Gasteiger partial charge >= 0.3 is 0 Å². The summed E-state index contributed by atoms with van der Waals surface area (Å²) in [6.45, 7) is 2.10. The van der Waals surface area contributed by atoms with E-state index in [0.29, 0.717) is 0 Å². The molecule has 3 aromatic rings. The van der Waals surface area contributed by atoms with Gasteiger partial charge in [-0.3, -0.25) is 4.79 Å². The Balaban J connectivity index is 2.22. The van der Waals surface area contributed by atoms with E-state index in [1.807, 2.05) is 54.6 Å². The third-order valence-corrected chi connectivity index (χ3v) is 5.95. The zero-order valence-electron chi connectivity index (χ0n) is 13.6. The second-order valence-electron chi connectivity index (χ2n) is 5.14. The highest BCUT2D eigenvalue weighted by atomic mass is 32.2. The molecule has 0 unspecified atom stereocenters. The van der Waals surface area contributed by atoms with E-state index < -0.39 is 0 Å². The lowest BCUT2D eigenvalue weighted by Crippen LogP contribution is -2.05. The number of ether oxygens (including phenoxy) is 1. The van der Waals surface area contributed by atoms with Crippen molar-refractivity contribution < 1.29 is 4.74 Å². The molecular formula is C20H18O2S2. The van der Waals surface area contributed by atoms with E-state index in [2.05, 4.69) is 6.92 Å². The minimum atomic E-state index is 0.0352. The van der Waals surface area contributed by atoms with E-state index in [1.54, 1.807) is 36.3 Å². The molecule has 0 spiro atoms. The maximum atomic E-state index is 12.9. The SMILES string of the molecule is CCSc1sc(-c2ccccc2)cc(=O)c1-c1ccccc1OC. The van der Waals surface area contributed by atoms with Crippen LogP contribution in [-0.2, 0) is 0 Å². The van der Waals surface area contributed by atoms with Crippen LogP contribution in [0.15, 0.2) is 69.7 Å². The van der Waals surface area contributed by atoms with Crippen molar-refractivity contribution in [2.75, 3.05) is 12.9 Å². The topological polar surface area (TPSA) is 26.3 Å². The number of benzene rings is 2. The fourth-order valence-corrected chi connectivity index (χ4v) is 4.95. The van der Waals surface area contributed by atoms with Gasteiger partial charge in [0.15, 0.2) is 5.43 Å². The van der Waals surface area contributed by atoms with Gasteiger partial charge in [-0.05, 0) is 17.4 Å². The molecule has 0 saturated carbocycles. The van der Waals surface area contributed by atoms with Crippen molar-refractivity contribution in [3.05, 3.63) is 70.9 Å². The quantitative estimate of drug-likeness (QED) is 0.561. The van der Waals surface area contributed by atoms with Crippen LogP contribution in [0.2, 0.25) is 0 Å². The van der Waals surface area contributed by atoms with Crippen LogP contribution in [-0.4, -0.2) is 12.9 Å². The molecule has 0 radical (unpaired) electrons. The van der Waals surface area contributed by atoms with Crippen LogP contribution in [0, 0.1) is 0 Å². The number of rotatable bonds is 5. The molecule has 0 amide bonds. The van der Waals surface area contributed by atoms with Gasteiger partial charge in [-0.15, -0.1) is 23.1 Å². The van der Waals surface area contributed by atoms with E-state index in [1.165, 1.54) is 0 Å². The van der Waals surface area contributed by atoms with Crippen LogP contribution < -0.4 is 10.2 Å². The summed E-state index contributed by atoms with van der Waals surface area (Å²) in [5.74, 6) is 1.64. The maximum Gasteiger partial charge on any atom is 0.189 e. The fourth-order valence-electron chi connectivity index (χ4n) is 2.54. The van der Waals surface area contributed by atoms with Crippen LogP contribution in [0.25, 0.3) is 21.6 Å². The first-order valence-electron chi connectivity index (χ1n) is 7.74. The van der Waals surface area contributed by atoms with Gasteiger partial charge in [0.1, 0.15) is 5.75 Å². The van der Waals surface area contributed by atoms with Gasteiger partial charge in [-0.2, -0.15) is 0 Å². The molecule has 0 aliphatic carbocycles. The Morgan fingerprint density at radius 3 is 2.46 bits per heavy atom. The highest BCUT2D eigenvalue weighted by Gasteiger charge is 2.16. The lowest BCUT2D eigenvalue weighted by atomic mass is 10.1. The van der Waals surface area contributed by atoms with E-state index in [0.717, 1.165) is 37.3 Å². The normalized spacial score (nSPS) is 10.6. The Morgan fingerprint density at radius 1 is 1.04 bits per heavy atom. The Kier molecular flexibility index (Phi) is 5.38. The summed E-state index contributed by atoms with van der Waals surface area (Å²) in [6, 6.07) is 19.5. The van der Waals surface area contributed by atoms with Crippen LogP contribution in [0.5, 0.6) is 5.75 Å². The highest BCUT2D eigenvalue weighted by molar-refractivity contribution is 8.01. The Hall–Kier alpha value is -2.04. The first-order chi connectivity index (χ1) is 11.7. The Morgan fingerprint density at radius 2 is 1.75 bits per heavy atom. The Labute approximate surface area is 150 Å². The van der Waals surface area contributed by atoms with E-state index in [9.17, 15) is 4.79 Å². The fraction of sp³-hybridized carbons (Fsp3) is 0.150. The summed E-state index contributed by atoms with van der Waals surface area (Å²) in [5.41, 5.74) is 2.71. The maximum absolute atomic E-state index is 12.9. The molecular weight excluding hydrogens is 336 g/mol. The van der Waals surface area contributed by atoms with Crippen LogP contribution in [0.1, 0.15) is 6.92 Å². The summed E-state index contributed by atoms with van der Waals surface area (Å²) in [4.78, 5) is 13.9. The smallest absolute Gasteiger partial charge is 0.189 e. The number of hydrogen-bond acceptors (Lipinski definition) is 4. The van der Waals surface area contributed by atoms with Gasteiger partial charge in [0.05, 0.1) is 16.9 Å². The average molecular weight is 354 g/mol. The van der Waals surface area contributed by atoms with Crippen molar-refractivity contribution in [2.45, 2.75) is 11.1 Å². The molecule has 2 aromatic carbocycles. The number of thioether (sulfide) groups is 1. The molecule has 0 bridgehead atoms. The molecule has 0 saturated heterocycles. The van der Waals surface area contributed by atoms with Crippen LogP contribution >= 0.6 is 23.1 Å². The molecule has 2 nitrogen and oxygen atoms in total. The van der Waals surface area contributed by atoms with Crippen molar-refractivity contribution in [3.63, 3.8) is 0 Å². The second-order valence-corrected chi connectivity index (χ2v) is 7.72. The van der Waals surface area contributed by atoms with Crippen molar-refractivity contribution in [1.82, 2.24) is 0 Å². The molecule has 1 heterocycles. The van der Waals surface area contributed by atoms with E-state index in [4.69, 9.17) is 4.74 Å². The molecule has 24 heavy (non-hydrogen) atoms. The molecule has 0 atom stereocenters. The minimum Gasteiger partial charge on any atom is -0.496 e. The van der Waals surface area contributed by atoms with E-state index in [-0.39, 0.29) is 5.43 Å². The summed E-state index contributed by atoms with van der Waals surface area (Å²) < 4.78 is 6.49. The minimum absolute atomic E-state index is 0.0352. The summed E-state index contributed by atoms with van der Waals surface area (Å²) in [6.07, 6.45) is 0. The predicted octanol–water partition coefficient (Wildman–Crippen LogP) is 5.56. The average Bonchev–Trinajstić information content (AvgIpc) is 2.62.